The lowest BCUT2D eigenvalue weighted by atomic mass is 10.1. The summed E-state index contributed by atoms with van der Waals surface area (Å²) in [6.07, 6.45) is 0.838. The van der Waals surface area contributed by atoms with E-state index in [2.05, 4.69) is 15.1 Å². The summed E-state index contributed by atoms with van der Waals surface area (Å²) in [5.41, 5.74) is 0.475. The van der Waals surface area contributed by atoms with Gasteiger partial charge in [0.1, 0.15) is 11.3 Å². The van der Waals surface area contributed by atoms with Crippen LogP contribution in [0.25, 0.3) is 15.9 Å². The zero-order chi connectivity index (χ0) is 17.9. The molecule has 0 radical (unpaired) electrons. The number of benzene rings is 1. The van der Waals surface area contributed by atoms with E-state index >= 15 is 0 Å². The van der Waals surface area contributed by atoms with E-state index < -0.39 is 11.4 Å². The summed E-state index contributed by atoms with van der Waals surface area (Å²) >= 11 is 0. The minimum absolute atomic E-state index is 0.00514. The number of carbonyl (C=O) groups excluding carboxylic acids is 1. The third-order valence-electron chi connectivity index (χ3n) is 4.56. The number of rotatable bonds is 2. The van der Waals surface area contributed by atoms with Crippen LogP contribution < -0.4 is 5.32 Å². The van der Waals surface area contributed by atoms with Crippen LogP contribution in [0.2, 0.25) is 0 Å². The molecule has 1 aliphatic rings. The second-order valence-electron chi connectivity index (χ2n) is 8.08. The zero-order valence-electron chi connectivity index (χ0n) is 14.6. The first kappa shape index (κ1) is 16.4. The molecule has 1 aromatic heterocycles. The number of imidazole rings is 1. The van der Waals surface area contributed by atoms with Crippen LogP contribution in [0.3, 0.4) is 0 Å². The summed E-state index contributed by atoms with van der Waals surface area (Å²) in [6, 6.07) is 2.78. The molecule has 3 rings (SSSR count). The molecule has 5 nitrogen and oxygen atoms in total. The predicted molar refractivity (Wildman–Crippen MR) is 91.5 cm³/mol. The summed E-state index contributed by atoms with van der Waals surface area (Å²) in [7, 11) is 0. The van der Waals surface area contributed by atoms with Crippen LogP contribution in [-0.2, 0) is 10.3 Å². The molecule has 1 N–H and O–H groups in total. The van der Waals surface area contributed by atoms with Gasteiger partial charge in [-0.25, -0.2) is 14.2 Å². The van der Waals surface area contributed by atoms with E-state index in [0.29, 0.717) is 11.5 Å². The van der Waals surface area contributed by atoms with Gasteiger partial charge in [-0.15, -0.1) is 0 Å². The van der Waals surface area contributed by atoms with Gasteiger partial charge in [0.15, 0.2) is 5.69 Å². The second kappa shape index (κ2) is 5.04. The van der Waals surface area contributed by atoms with Crippen molar-refractivity contribution >= 4 is 28.6 Å². The third kappa shape index (κ3) is 2.64. The average Bonchev–Trinajstić information content (AvgIpc) is 2.92. The smallest absolute Gasteiger partial charge is 0.230 e. The molecule has 0 saturated heterocycles. The number of hydrogen-bond donors (Lipinski definition) is 1. The molecule has 1 heterocycles. The number of amides is 1. The standard InChI is InChI=1S/C18H21FN4O/c1-17(2,3)23-13-8-10(20-6)7-12(19)14(13)21-16(23)22-15(24)11-9-18(11,4)5/h7-8,11H,9H2,1-5H3,(H,21,22,24)/t11-/m1/s1. The maximum absolute atomic E-state index is 14.3. The van der Waals surface area contributed by atoms with Crippen molar-refractivity contribution in [2.45, 2.75) is 46.6 Å². The number of aromatic nitrogens is 2. The lowest BCUT2D eigenvalue weighted by molar-refractivity contribution is -0.118. The van der Waals surface area contributed by atoms with Crippen LogP contribution in [0.1, 0.15) is 41.0 Å². The Labute approximate surface area is 140 Å². The Kier molecular flexibility index (Phi) is 3.45. The molecule has 0 spiro atoms. The molecule has 1 aliphatic carbocycles. The molecule has 0 unspecified atom stereocenters. The normalized spacial score (nSPS) is 19.1. The van der Waals surface area contributed by atoms with Crippen molar-refractivity contribution in [3.05, 3.63) is 29.4 Å². The molecule has 1 saturated carbocycles. The summed E-state index contributed by atoms with van der Waals surface area (Å²) in [4.78, 5) is 20.1. The highest BCUT2D eigenvalue weighted by molar-refractivity contribution is 5.95. The van der Waals surface area contributed by atoms with Crippen molar-refractivity contribution in [2.24, 2.45) is 11.3 Å². The van der Waals surface area contributed by atoms with Crippen LogP contribution in [0.4, 0.5) is 16.0 Å². The first-order chi connectivity index (χ1) is 11.0. The maximum atomic E-state index is 14.3. The largest absolute Gasteiger partial charge is 0.306 e. The van der Waals surface area contributed by atoms with Crippen LogP contribution in [0, 0.1) is 23.7 Å². The molecule has 1 aromatic carbocycles. The van der Waals surface area contributed by atoms with E-state index in [4.69, 9.17) is 6.57 Å². The lowest BCUT2D eigenvalue weighted by Crippen LogP contribution is -2.27. The Bertz CT molecular complexity index is 883. The second-order valence-corrected chi connectivity index (χ2v) is 8.08. The topological polar surface area (TPSA) is 51.3 Å². The van der Waals surface area contributed by atoms with Gasteiger partial charge in [-0.1, -0.05) is 13.8 Å². The number of nitrogens with one attached hydrogen (secondary N) is 1. The molecule has 1 amide bonds. The van der Waals surface area contributed by atoms with Gasteiger partial charge in [0.05, 0.1) is 12.1 Å². The number of nitrogens with zero attached hydrogens (tertiary/aromatic N) is 3. The SMILES string of the molecule is [C-]#[N+]c1cc(F)c2nc(NC(=O)[C@H]3CC3(C)C)n(C(C)(C)C)c2c1. The fraction of sp³-hybridized carbons (Fsp3) is 0.500. The lowest BCUT2D eigenvalue weighted by Gasteiger charge is -2.24. The van der Waals surface area contributed by atoms with Crippen LogP contribution in [-0.4, -0.2) is 15.5 Å². The fourth-order valence-corrected chi connectivity index (χ4v) is 3.06. The quantitative estimate of drug-likeness (QED) is 0.827. The number of hydrogen-bond acceptors (Lipinski definition) is 2. The van der Waals surface area contributed by atoms with Crippen molar-refractivity contribution in [3.8, 4) is 0 Å². The third-order valence-corrected chi connectivity index (χ3v) is 4.56. The average molecular weight is 328 g/mol. The molecule has 2 aromatic rings. The van der Waals surface area contributed by atoms with Gasteiger partial charge in [-0.2, -0.15) is 0 Å². The first-order valence-corrected chi connectivity index (χ1v) is 7.95. The predicted octanol–water partition coefficient (Wildman–Crippen LogP) is 4.47. The van der Waals surface area contributed by atoms with E-state index in [1.54, 1.807) is 10.6 Å². The molecule has 1 atom stereocenters. The molecule has 0 aliphatic heterocycles. The summed E-state index contributed by atoms with van der Waals surface area (Å²) in [5, 5.41) is 2.86. The van der Waals surface area contributed by atoms with Crippen molar-refractivity contribution < 1.29 is 9.18 Å². The Morgan fingerprint density at radius 1 is 1.46 bits per heavy atom. The van der Waals surface area contributed by atoms with E-state index in [-0.39, 0.29) is 28.4 Å². The maximum Gasteiger partial charge on any atom is 0.230 e. The van der Waals surface area contributed by atoms with Gasteiger partial charge in [0, 0.05) is 11.5 Å². The van der Waals surface area contributed by atoms with E-state index in [1.807, 2.05) is 34.6 Å². The van der Waals surface area contributed by atoms with Gasteiger partial charge in [-0.3, -0.25) is 10.1 Å². The minimum atomic E-state index is -0.552. The molecular formula is C18H21FN4O. The van der Waals surface area contributed by atoms with Crippen LogP contribution in [0.15, 0.2) is 12.1 Å². The number of anilines is 1. The fourth-order valence-electron chi connectivity index (χ4n) is 3.06. The van der Waals surface area contributed by atoms with Crippen molar-refractivity contribution in [1.29, 1.82) is 0 Å². The Morgan fingerprint density at radius 2 is 2.08 bits per heavy atom. The van der Waals surface area contributed by atoms with E-state index in [1.165, 1.54) is 6.07 Å². The Hall–Kier alpha value is -2.42. The zero-order valence-corrected chi connectivity index (χ0v) is 14.6. The molecule has 6 heteroatoms. The first-order valence-electron chi connectivity index (χ1n) is 7.95. The number of fused-ring (bicyclic) bond motifs is 1. The van der Waals surface area contributed by atoms with E-state index in [0.717, 1.165) is 6.42 Å². The van der Waals surface area contributed by atoms with Crippen molar-refractivity contribution in [3.63, 3.8) is 0 Å². The number of carbonyl (C=O) groups is 1. The molecule has 126 valence electrons. The van der Waals surface area contributed by atoms with E-state index in [9.17, 15) is 9.18 Å². The Morgan fingerprint density at radius 3 is 2.58 bits per heavy atom. The van der Waals surface area contributed by atoms with Gasteiger partial charge in [-0.05, 0) is 44.7 Å². The summed E-state index contributed by atoms with van der Waals surface area (Å²) < 4.78 is 16.1. The molecule has 0 bridgehead atoms. The van der Waals surface area contributed by atoms with Crippen molar-refractivity contribution in [2.75, 3.05) is 5.32 Å². The van der Waals surface area contributed by atoms with Gasteiger partial charge < -0.3 is 4.57 Å². The summed E-state index contributed by atoms with van der Waals surface area (Å²) in [6.45, 7) is 17.1. The number of halogens is 1. The highest BCUT2D eigenvalue weighted by Gasteiger charge is 2.50. The highest BCUT2D eigenvalue weighted by atomic mass is 19.1. The van der Waals surface area contributed by atoms with Crippen molar-refractivity contribution in [1.82, 2.24) is 9.55 Å². The molecular weight excluding hydrogens is 307 g/mol. The highest BCUT2D eigenvalue weighted by Crippen LogP contribution is 2.52. The molecule has 24 heavy (non-hydrogen) atoms. The van der Waals surface area contributed by atoms with Crippen LogP contribution >= 0.6 is 0 Å². The van der Waals surface area contributed by atoms with Gasteiger partial charge in [0.2, 0.25) is 11.9 Å². The monoisotopic (exact) mass is 328 g/mol. The van der Waals surface area contributed by atoms with Crippen LogP contribution in [0.5, 0.6) is 0 Å². The molecule has 1 fully saturated rings. The van der Waals surface area contributed by atoms with Gasteiger partial charge in [0.25, 0.3) is 0 Å². The Balaban J connectivity index is 2.12. The van der Waals surface area contributed by atoms with Gasteiger partial charge >= 0.3 is 0 Å². The minimum Gasteiger partial charge on any atom is -0.306 e. The summed E-state index contributed by atoms with van der Waals surface area (Å²) in [5.74, 6) is -0.365.